The fraction of sp³-hybridized carbons (Fsp3) is 0.316. The van der Waals surface area contributed by atoms with Crippen molar-refractivity contribution in [3.8, 4) is 11.5 Å². The number of guanidine groups is 1. The smallest absolute Gasteiger partial charge is 0.188 e. The quantitative estimate of drug-likeness (QED) is 0.372. The first kappa shape index (κ1) is 20.6. The van der Waals surface area contributed by atoms with Gasteiger partial charge in [-0.05, 0) is 36.1 Å². The van der Waals surface area contributed by atoms with Crippen LogP contribution in [0, 0.1) is 0 Å². The van der Waals surface area contributed by atoms with Crippen molar-refractivity contribution in [1.82, 2.24) is 5.32 Å². The van der Waals surface area contributed by atoms with Crippen LogP contribution in [0.1, 0.15) is 11.1 Å². The molecule has 2 aromatic rings. The van der Waals surface area contributed by atoms with Gasteiger partial charge in [-0.15, -0.1) is 24.0 Å². The molecular weight excluding hydrogens is 465 g/mol. The molecule has 26 heavy (non-hydrogen) atoms. The zero-order valence-corrected chi connectivity index (χ0v) is 17.5. The van der Waals surface area contributed by atoms with Crippen molar-refractivity contribution in [3.05, 3.63) is 58.6 Å². The summed E-state index contributed by atoms with van der Waals surface area (Å²) < 4.78 is 11.1. The van der Waals surface area contributed by atoms with Crippen LogP contribution in [-0.2, 0) is 12.8 Å². The van der Waals surface area contributed by atoms with Crippen LogP contribution < -0.4 is 20.5 Å². The fourth-order valence-electron chi connectivity index (χ4n) is 2.65. The Bertz CT molecular complexity index is 741. The number of nitrogens with one attached hydrogen (secondary N) is 1. The van der Waals surface area contributed by atoms with E-state index in [-0.39, 0.29) is 24.0 Å². The van der Waals surface area contributed by atoms with Gasteiger partial charge in [0, 0.05) is 13.1 Å². The highest BCUT2D eigenvalue weighted by atomic mass is 127. The minimum Gasteiger partial charge on any atom is -0.486 e. The molecule has 2 aromatic carbocycles. The number of benzene rings is 2. The second-order valence-corrected chi connectivity index (χ2v) is 6.19. The number of rotatable bonds is 6. The molecule has 1 aliphatic heterocycles. The first-order valence-electron chi connectivity index (χ1n) is 8.38. The van der Waals surface area contributed by atoms with Crippen LogP contribution in [0.2, 0.25) is 5.02 Å². The van der Waals surface area contributed by atoms with E-state index in [1.807, 2.05) is 30.3 Å². The average Bonchev–Trinajstić information content (AvgIpc) is 2.63. The molecule has 0 bridgehead atoms. The molecule has 0 amide bonds. The first-order valence-corrected chi connectivity index (χ1v) is 8.76. The van der Waals surface area contributed by atoms with Crippen molar-refractivity contribution in [2.75, 3.05) is 26.3 Å². The summed E-state index contributed by atoms with van der Waals surface area (Å²) in [6, 6.07) is 14.1. The van der Waals surface area contributed by atoms with Crippen molar-refractivity contribution in [2.24, 2.45) is 10.7 Å². The van der Waals surface area contributed by atoms with E-state index in [4.69, 9.17) is 26.8 Å². The summed E-state index contributed by atoms with van der Waals surface area (Å²) in [4.78, 5) is 4.35. The Hall–Kier alpha value is -1.67. The standard InChI is InChI=1S/C19H22ClN3O2.HI/c20-16-12-15(13-17-18(16)25-11-10-24-17)7-9-23-19(21)22-8-6-14-4-2-1-3-5-14;/h1-5,12-13H,6-11H2,(H3,21,22,23);1H. The third kappa shape index (κ3) is 5.95. The van der Waals surface area contributed by atoms with Gasteiger partial charge in [0.25, 0.3) is 0 Å². The highest BCUT2D eigenvalue weighted by Crippen LogP contribution is 2.38. The molecule has 0 aromatic heterocycles. The summed E-state index contributed by atoms with van der Waals surface area (Å²) in [6.45, 7) is 2.42. The van der Waals surface area contributed by atoms with Crippen molar-refractivity contribution in [2.45, 2.75) is 12.8 Å². The van der Waals surface area contributed by atoms with Crippen LogP contribution >= 0.6 is 35.6 Å². The molecule has 3 N–H and O–H groups in total. The topological polar surface area (TPSA) is 68.9 Å². The van der Waals surface area contributed by atoms with Crippen LogP contribution in [-0.4, -0.2) is 32.3 Å². The molecule has 7 heteroatoms. The highest BCUT2D eigenvalue weighted by molar-refractivity contribution is 14.0. The third-order valence-electron chi connectivity index (χ3n) is 3.90. The number of hydrogen-bond acceptors (Lipinski definition) is 3. The molecule has 0 aliphatic carbocycles. The normalized spacial score (nSPS) is 13.0. The number of hydrogen-bond donors (Lipinski definition) is 2. The second kappa shape index (κ2) is 10.5. The Morgan fingerprint density at radius 1 is 1.08 bits per heavy atom. The second-order valence-electron chi connectivity index (χ2n) is 5.78. The van der Waals surface area contributed by atoms with Crippen LogP contribution in [0.15, 0.2) is 47.5 Å². The molecule has 0 fully saturated rings. The van der Waals surface area contributed by atoms with Gasteiger partial charge in [0.15, 0.2) is 17.5 Å². The van der Waals surface area contributed by atoms with E-state index in [0.29, 0.717) is 48.8 Å². The lowest BCUT2D eigenvalue weighted by Crippen LogP contribution is -2.33. The lowest BCUT2D eigenvalue weighted by molar-refractivity contribution is 0.171. The summed E-state index contributed by atoms with van der Waals surface area (Å²) in [5, 5.41) is 3.71. The van der Waals surface area contributed by atoms with Gasteiger partial charge in [-0.25, -0.2) is 0 Å². The first-order chi connectivity index (χ1) is 12.2. The predicted octanol–water partition coefficient (Wildman–Crippen LogP) is 3.42. The van der Waals surface area contributed by atoms with Gasteiger partial charge in [0.05, 0.1) is 5.02 Å². The Labute approximate surface area is 175 Å². The molecule has 3 rings (SSSR count). The maximum absolute atomic E-state index is 6.24. The van der Waals surface area contributed by atoms with E-state index in [1.165, 1.54) is 5.56 Å². The maximum atomic E-state index is 6.24. The van der Waals surface area contributed by atoms with E-state index < -0.39 is 0 Å². The number of ether oxygens (including phenoxy) is 2. The van der Waals surface area contributed by atoms with Crippen LogP contribution in [0.4, 0.5) is 0 Å². The summed E-state index contributed by atoms with van der Waals surface area (Å²) in [6.07, 6.45) is 1.65. The van der Waals surface area contributed by atoms with Gasteiger partial charge in [0.2, 0.25) is 0 Å². The van der Waals surface area contributed by atoms with Crippen LogP contribution in [0.5, 0.6) is 11.5 Å². The van der Waals surface area contributed by atoms with Crippen LogP contribution in [0.3, 0.4) is 0 Å². The minimum absolute atomic E-state index is 0. The molecular formula is C19H23ClIN3O2. The van der Waals surface area contributed by atoms with Crippen molar-refractivity contribution in [3.63, 3.8) is 0 Å². The summed E-state index contributed by atoms with van der Waals surface area (Å²) in [5.74, 6) is 1.80. The van der Waals surface area contributed by atoms with Crippen molar-refractivity contribution in [1.29, 1.82) is 0 Å². The number of nitrogens with zero attached hydrogens (tertiary/aromatic N) is 1. The molecule has 0 atom stereocenters. The van der Waals surface area contributed by atoms with E-state index in [2.05, 4.69) is 22.4 Å². The SMILES string of the molecule is I.NC(=NCCc1ccccc1)NCCc1cc(Cl)c2c(c1)OCCO2. The molecule has 140 valence electrons. The van der Waals surface area contributed by atoms with Gasteiger partial charge < -0.3 is 20.5 Å². The van der Waals surface area contributed by atoms with E-state index in [1.54, 1.807) is 0 Å². The number of aliphatic imine (C=N–C) groups is 1. The molecule has 5 nitrogen and oxygen atoms in total. The highest BCUT2D eigenvalue weighted by Gasteiger charge is 2.16. The van der Waals surface area contributed by atoms with Gasteiger partial charge in [-0.1, -0.05) is 41.9 Å². The molecule has 0 radical (unpaired) electrons. The summed E-state index contributed by atoms with van der Waals surface area (Å²) in [5.41, 5.74) is 8.23. The lowest BCUT2D eigenvalue weighted by Gasteiger charge is -2.20. The number of nitrogens with two attached hydrogens (primary N) is 1. The molecule has 1 aliphatic rings. The van der Waals surface area contributed by atoms with E-state index in [0.717, 1.165) is 18.4 Å². The molecule has 0 saturated carbocycles. The van der Waals surface area contributed by atoms with Crippen molar-refractivity contribution < 1.29 is 9.47 Å². The lowest BCUT2D eigenvalue weighted by atomic mass is 10.1. The fourth-order valence-corrected chi connectivity index (χ4v) is 2.94. The van der Waals surface area contributed by atoms with E-state index in [9.17, 15) is 0 Å². The third-order valence-corrected chi connectivity index (χ3v) is 4.18. The van der Waals surface area contributed by atoms with Gasteiger partial charge in [-0.3, -0.25) is 4.99 Å². The zero-order valence-electron chi connectivity index (χ0n) is 14.4. The Morgan fingerprint density at radius 2 is 1.85 bits per heavy atom. The number of halogens is 2. The minimum atomic E-state index is 0. The average molecular weight is 488 g/mol. The van der Waals surface area contributed by atoms with Gasteiger partial charge in [-0.2, -0.15) is 0 Å². The molecule has 0 spiro atoms. The zero-order chi connectivity index (χ0) is 17.5. The number of fused-ring (bicyclic) bond motifs is 1. The molecule has 0 unspecified atom stereocenters. The van der Waals surface area contributed by atoms with E-state index >= 15 is 0 Å². The summed E-state index contributed by atoms with van der Waals surface area (Å²) in [7, 11) is 0. The maximum Gasteiger partial charge on any atom is 0.188 e. The monoisotopic (exact) mass is 487 g/mol. The van der Waals surface area contributed by atoms with Gasteiger partial charge in [0.1, 0.15) is 13.2 Å². The Balaban J connectivity index is 0.00000243. The van der Waals surface area contributed by atoms with Gasteiger partial charge >= 0.3 is 0 Å². The largest absolute Gasteiger partial charge is 0.486 e. The Kier molecular flexibility index (Phi) is 8.31. The molecule has 0 saturated heterocycles. The molecule has 1 heterocycles. The predicted molar refractivity (Wildman–Crippen MR) is 116 cm³/mol. The Morgan fingerprint density at radius 3 is 2.65 bits per heavy atom. The van der Waals surface area contributed by atoms with Crippen molar-refractivity contribution >= 4 is 41.5 Å². The van der Waals surface area contributed by atoms with Crippen LogP contribution in [0.25, 0.3) is 0 Å². The summed E-state index contributed by atoms with van der Waals surface area (Å²) >= 11 is 6.24.